The predicted molar refractivity (Wildman–Crippen MR) is 45.5 cm³/mol. The van der Waals surface area contributed by atoms with Crippen LogP contribution in [0.2, 0.25) is 0 Å². The molecular formula is C7H13FO4S. The minimum atomic E-state index is -4.85. The van der Waals surface area contributed by atoms with E-state index < -0.39 is 33.2 Å². The van der Waals surface area contributed by atoms with Gasteiger partial charge in [-0.25, -0.2) is 4.39 Å². The Morgan fingerprint density at radius 3 is 2.00 bits per heavy atom. The van der Waals surface area contributed by atoms with Crippen molar-refractivity contribution in [1.29, 1.82) is 0 Å². The van der Waals surface area contributed by atoms with Crippen molar-refractivity contribution in [1.82, 2.24) is 0 Å². The lowest BCUT2D eigenvalue weighted by Gasteiger charge is -2.24. The van der Waals surface area contributed by atoms with E-state index in [1.165, 1.54) is 13.8 Å². The molecule has 0 saturated heterocycles. The van der Waals surface area contributed by atoms with Crippen molar-refractivity contribution in [3.05, 3.63) is 0 Å². The Labute approximate surface area is 76.9 Å². The first kappa shape index (κ1) is 12.5. The van der Waals surface area contributed by atoms with E-state index in [0.717, 1.165) is 6.92 Å². The molecule has 6 heteroatoms. The summed E-state index contributed by atoms with van der Waals surface area (Å²) in [6.07, 6.45) is -0.816. The van der Waals surface area contributed by atoms with Crippen molar-refractivity contribution in [3.63, 3.8) is 0 Å². The van der Waals surface area contributed by atoms with Crippen LogP contribution in [0.4, 0.5) is 4.39 Å². The van der Waals surface area contributed by atoms with Gasteiger partial charge in [0.05, 0.1) is 6.42 Å². The zero-order valence-electron chi connectivity index (χ0n) is 7.74. The van der Waals surface area contributed by atoms with Gasteiger partial charge in [-0.1, -0.05) is 13.8 Å². The fourth-order valence-electron chi connectivity index (χ4n) is 0.933. The molecule has 1 atom stereocenters. The highest BCUT2D eigenvalue weighted by Crippen LogP contribution is 2.31. The van der Waals surface area contributed by atoms with Gasteiger partial charge in [0.15, 0.2) is 0 Å². The molecule has 4 nitrogen and oxygen atoms in total. The molecule has 13 heavy (non-hydrogen) atoms. The van der Waals surface area contributed by atoms with Crippen LogP contribution < -0.4 is 0 Å². The molecule has 0 aromatic carbocycles. The number of Topliss-reactive ketones (excluding diaryl/α,β-unsaturated/α-hetero) is 1. The molecule has 0 aliphatic heterocycles. The maximum Gasteiger partial charge on any atom is 0.301 e. The van der Waals surface area contributed by atoms with Gasteiger partial charge in [0.2, 0.25) is 5.00 Å². The van der Waals surface area contributed by atoms with Crippen LogP contribution in [0.5, 0.6) is 0 Å². The molecule has 1 unspecified atom stereocenters. The van der Waals surface area contributed by atoms with Gasteiger partial charge in [-0.3, -0.25) is 9.35 Å². The number of carbonyl (C=O) groups excluding carboxylic acids is 1. The fraction of sp³-hybridized carbons (Fsp3) is 0.857. The Morgan fingerprint density at radius 2 is 1.92 bits per heavy atom. The quantitative estimate of drug-likeness (QED) is 0.710. The maximum absolute atomic E-state index is 13.6. The number of hydrogen-bond donors (Lipinski definition) is 1. The van der Waals surface area contributed by atoms with E-state index in [9.17, 15) is 17.6 Å². The molecule has 0 heterocycles. The third-order valence-electron chi connectivity index (χ3n) is 1.78. The molecule has 0 aromatic rings. The van der Waals surface area contributed by atoms with Crippen LogP contribution in [-0.2, 0) is 14.9 Å². The van der Waals surface area contributed by atoms with E-state index in [-0.39, 0.29) is 0 Å². The lowest BCUT2D eigenvalue weighted by Crippen LogP contribution is -2.40. The molecular weight excluding hydrogens is 199 g/mol. The standard InChI is InChI=1S/C7H13FO4S/c1-5(2)7(8,4-6(3)9)13(10,11)12/h5H,4H2,1-3H3,(H,10,11,12). The number of hydrogen-bond acceptors (Lipinski definition) is 3. The molecule has 0 fully saturated rings. The van der Waals surface area contributed by atoms with Crippen LogP contribution in [0, 0.1) is 5.92 Å². The molecule has 0 amide bonds. The first-order valence-corrected chi connectivity index (χ1v) is 5.20. The molecule has 0 saturated carbocycles. The monoisotopic (exact) mass is 212 g/mol. The van der Waals surface area contributed by atoms with Gasteiger partial charge >= 0.3 is 10.1 Å². The summed E-state index contributed by atoms with van der Waals surface area (Å²) in [6, 6.07) is 0. The highest BCUT2D eigenvalue weighted by molar-refractivity contribution is 7.87. The maximum atomic E-state index is 13.6. The summed E-state index contributed by atoms with van der Waals surface area (Å²) < 4.78 is 43.5. The van der Waals surface area contributed by atoms with E-state index in [2.05, 4.69) is 0 Å². The van der Waals surface area contributed by atoms with Crippen LogP contribution >= 0.6 is 0 Å². The van der Waals surface area contributed by atoms with Crippen LogP contribution in [0.1, 0.15) is 27.2 Å². The van der Waals surface area contributed by atoms with Gasteiger partial charge in [-0.2, -0.15) is 8.42 Å². The summed E-state index contributed by atoms with van der Waals surface area (Å²) in [6.45, 7) is 3.65. The molecule has 78 valence electrons. The van der Waals surface area contributed by atoms with Gasteiger partial charge in [0.25, 0.3) is 0 Å². The Bertz CT molecular complexity index is 296. The van der Waals surface area contributed by atoms with E-state index in [4.69, 9.17) is 4.55 Å². The normalized spacial score (nSPS) is 17.1. The van der Waals surface area contributed by atoms with Crippen LogP contribution in [0.25, 0.3) is 0 Å². The third kappa shape index (κ3) is 2.73. The van der Waals surface area contributed by atoms with Crippen molar-refractivity contribution in [2.24, 2.45) is 5.92 Å². The zero-order chi connectivity index (χ0) is 10.9. The Balaban J connectivity index is 5.09. The summed E-state index contributed by atoms with van der Waals surface area (Å²) in [5.41, 5.74) is 0. The van der Waals surface area contributed by atoms with Gasteiger partial charge in [-0.05, 0) is 6.92 Å². The van der Waals surface area contributed by atoms with Crippen molar-refractivity contribution >= 4 is 15.9 Å². The Hall–Kier alpha value is -0.490. The average Bonchev–Trinajstić information content (AvgIpc) is 1.82. The molecule has 0 aliphatic carbocycles. The van der Waals surface area contributed by atoms with Gasteiger partial charge in [0.1, 0.15) is 5.78 Å². The second-order valence-corrected chi connectivity index (χ2v) is 4.92. The van der Waals surface area contributed by atoms with Crippen molar-refractivity contribution in [2.75, 3.05) is 0 Å². The minimum Gasteiger partial charge on any atom is -0.300 e. The summed E-state index contributed by atoms with van der Waals surface area (Å²) in [4.78, 5) is 10.6. The molecule has 0 aromatic heterocycles. The van der Waals surface area contributed by atoms with E-state index in [0.29, 0.717) is 0 Å². The molecule has 0 bridgehead atoms. The zero-order valence-corrected chi connectivity index (χ0v) is 8.56. The molecule has 0 radical (unpaired) electrons. The van der Waals surface area contributed by atoms with Crippen LogP contribution in [0.15, 0.2) is 0 Å². The summed E-state index contributed by atoms with van der Waals surface area (Å²) in [5.74, 6) is -1.58. The van der Waals surface area contributed by atoms with E-state index >= 15 is 0 Å². The largest absolute Gasteiger partial charge is 0.301 e. The van der Waals surface area contributed by atoms with Crippen LogP contribution in [0.3, 0.4) is 0 Å². The van der Waals surface area contributed by atoms with Crippen molar-refractivity contribution in [2.45, 2.75) is 32.2 Å². The summed E-state index contributed by atoms with van der Waals surface area (Å²) in [5, 5.41) is -2.86. The second-order valence-electron chi connectivity index (χ2n) is 3.29. The second kappa shape index (κ2) is 3.71. The SMILES string of the molecule is CC(=O)CC(F)(C(C)C)S(=O)(=O)O. The lowest BCUT2D eigenvalue weighted by molar-refractivity contribution is -0.119. The van der Waals surface area contributed by atoms with Gasteiger partial charge in [0, 0.05) is 5.92 Å². The number of rotatable bonds is 4. The van der Waals surface area contributed by atoms with Gasteiger partial charge < -0.3 is 0 Å². The van der Waals surface area contributed by atoms with Crippen LogP contribution in [-0.4, -0.2) is 23.8 Å². The lowest BCUT2D eigenvalue weighted by atomic mass is 10.0. The third-order valence-corrected chi connectivity index (χ3v) is 3.25. The highest BCUT2D eigenvalue weighted by atomic mass is 32.2. The molecule has 0 spiro atoms. The first-order chi connectivity index (χ1) is 5.61. The van der Waals surface area contributed by atoms with Gasteiger partial charge in [-0.15, -0.1) is 0 Å². The van der Waals surface area contributed by atoms with Crippen molar-refractivity contribution in [3.8, 4) is 0 Å². The Morgan fingerprint density at radius 1 is 1.54 bits per heavy atom. The smallest absolute Gasteiger partial charge is 0.300 e. The fourth-order valence-corrected chi connectivity index (χ4v) is 1.91. The minimum absolute atomic E-state index is 0.617. The Kier molecular flexibility index (Phi) is 3.57. The number of carbonyl (C=O) groups is 1. The topological polar surface area (TPSA) is 71.4 Å². The average molecular weight is 212 g/mol. The summed E-state index contributed by atoms with van der Waals surface area (Å²) >= 11 is 0. The molecule has 0 aliphatic rings. The van der Waals surface area contributed by atoms with E-state index in [1.54, 1.807) is 0 Å². The number of alkyl halides is 1. The number of ketones is 1. The van der Waals surface area contributed by atoms with Crippen molar-refractivity contribution < 1.29 is 22.2 Å². The predicted octanol–water partition coefficient (Wildman–Crippen LogP) is 1.18. The first-order valence-electron chi connectivity index (χ1n) is 3.76. The summed E-state index contributed by atoms with van der Waals surface area (Å²) in [7, 11) is -4.85. The molecule has 1 N–H and O–H groups in total. The number of halogens is 1. The highest BCUT2D eigenvalue weighted by Gasteiger charge is 2.47. The molecule has 0 rings (SSSR count). The van der Waals surface area contributed by atoms with E-state index in [1.807, 2.05) is 0 Å².